The van der Waals surface area contributed by atoms with E-state index >= 15 is 0 Å². The van der Waals surface area contributed by atoms with Crippen LogP contribution in [0.2, 0.25) is 0 Å². The van der Waals surface area contributed by atoms with Crippen molar-refractivity contribution in [2.45, 2.75) is 32.4 Å². The first kappa shape index (κ1) is 13.4. The number of nitrogens with two attached hydrogens (primary N) is 1. The number of aliphatic carboxylic acids is 1. The van der Waals surface area contributed by atoms with Crippen molar-refractivity contribution in [3.05, 3.63) is 0 Å². The van der Waals surface area contributed by atoms with Crippen molar-refractivity contribution in [1.82, 2.24) is 10.2 Å². The Morgan fingerprint density at radius 2 is 2.31 bits per heavy atom. The van der Waals surface area contributed by atoms with Gasteiger partial charge in [-0.2, -0.15) is 0 Å². The summed E-state index contributed by atoms with van der Waals surface area (Å²) in [5.41, 5.74) is 5.40. The van der Waals surface area contributed by atoms with Gasteiger partial charge in [0.05, 0.1) is 0 Å². The maximum Gasteiger partial charge on any atom is 0.321 e. The van der Waals surface area contributed by atoms with Gasteiger partial charge in [0.2, 0.25) is 0 Å². The third-order valence-electron chi connectivity index (χ3n) is 3.16. The maximum atomic E-state index is 10.5. The van der Waals surface area contributed by atoms with Crippen molar-refractivity contribution in [2.75, 3.05) is 26.2 Å². The zero-order valence-corrected chi connectivity index (χ0v) is 10.1. The lowest BCUT2D eigenvalue weighted by atomic mass is 10.1. The van der Waals surface area contributed by atoms with Crippen LogP contribution in [0.15, 0.2) is 0 Å². The Morgan fingerprint density at radius 3 is 2.81 bits per heavy atom. The quantitative estimate of drug-likeness (QED) is 0.584. The molecule has 5 heteroatoms. The topological polar surface area (TPSA) is 78.6 Å². The Hall–Kier alpha value is -0.650. The number of hydrogen-bond acceptors (Lipinski definition) is 4. The van der Waals surface area contributed by atoms with Crippen LogP contribution in [0.1, 0.15) is 20.3 Å². The monoisotopic (exact) mass is 229 g/mol. The van der Waals surface area contributed by atoms with Crippen LogP contribution in [0, 0.1) is 5.92 Å². The van der Waals surface area contributed by atoms with Gasteiger partial charge in [-0.05, 0) is 39.3 Å². The van der Waals surface area contributed by atoms with E-state index in [0.29, 0.717) is 18.5 Å². The number of nitrogens with one attached hydrogen (secondary N) is 1. The van der Waals surface area contributed by atoms with E-state index in [-0.39, 0.29) is 0 Å². The molecule has 0 aromatic heterocycles. The van der Waals surface area contributed by atoms with Gasteiger partial charge in [0, 0.05) is 19.1 Å². The molecule has 0 radical (unpaired) electrons. The molecule has 1 saturated heterocycles. The van der Waals surface area contributed by atoms with Gasteiger partial charge in [0.15, 0.2) is 0 Å². The third-order valence-corrected chi connectivity index (χ3v) is 3.16. The highest BCUT2D eigenvalue weighted by Gasteiger charge is 2.23. The molecule has 0 aromatic rings. The van der Waals surface area contributed by atoms with E-state index in [9.17, 15) is 4.79 Å². The number of likely N-dealkylation sites (tertiary alicyclic amines) is 1. The first-order valence-corrected chi connectivity index (χ1v) is 5.94. The second-order valence-corrected chi connectivity index (χ2v) is 4.85. The van der Waals surface area contributed by atoms with Gasteiger partial charge in [-0.25, -0.2) is 0 Å². The molecule has 16 heavy (non-hydrogen) atoms. The molecule has 94 valence electrons. The fourth-order valence-electron chi connectivity index (χ4n) is 2.03. The Bertz CT molecular complexity index is 233. The first-order valence-electron chi connectivity index (χ1n) is 5.94. The molecule has 1 aliphatic rings. The van der Waals surface area contributed by atoms with E-state index in [0.717, 1.165) is 19.6 Å². The molecule has 1 fully saturated rings. The van der Waals surface area contributed by atoms with E-state index in [2.05, 4.69) is 24.1 Å². The van der Waals surface area contributed by atoms with Crippen molar-refractivity contribution in [3.8, 4) is 0 Å². The number of carboxylic acids is 1. The van der Waals surface area contributed by atoms with Gasteiger partial charge in [0.1, 0.15) is 6.04 Å². The number of carbonyl (C=O) groups is 1. The maximum absolute atomic E-state index is 10.5. The van der Waals surface area contributed by atoms with E-state index < -0.39 is 12.0 Å². The summed E-state index contributed by atoms with van der Waals surface area (Å²) in [6, 6.07) is -0.186. The van der Waals surface area contributed by atoms with Crippen LogP contribution in [-0.2, 0) is 4.79 Å². The Balaban J connectivity index is 2.13. The highest BCUT2D eigenvalue weighted by molar-refractivity contribution is 5.73. The molecular weight excluding hydrogens is 206 g/mol. The van der Waals surface area contributed by atoms with Crippen LogP contribution in [-0.4, -0.2) is 54.2 Å². The lowest BCUT2D eigenvalue weighted by Crippen LogP contribution is -2.42. The minimum absolute atomic E-state index is 0.355. The summed E-state index contributed by atoms with van der Waals surface area (Å²) < 4.78 is 0. The molecule has 1 heterocycles. The molecule has 5 nitrogen and oxygen atoms in total. The summed E-state index contributed by atoms with van der Waals surface area (Å²) in [6.07, 6.45) is 1.19. The smallest absolute Gasteiger partial charge is 0.321 e. The van der Waals surface area contributed by atoms with Gasteiger partial charge in [-0.1, -0.05) is 0 Å². The highest BCUT2D eigenvalue weighted by atomic mass is 16.4. The van der Waals surface area contributed by atoms with Crippen molar-refractivity contribution in [2.24, 2.45) is 11.7 Å². The third kappa shape index (κ3) is 4.08. The molecule has 0 spiro atoms. The van der Waals surface area contributed by atoms with Crippen LogP contribution in [0.3, 0.4) is 0 Å². The van der Waals surface area contributed by atoms with Crippen LogP contribution < -0.4 is 11.1 Å². The molecule has 1 rings (SSSR count). The summed E-state index contributed by atoms with van der Waals surface area (Å²) in [5.74, 6) is -0.314. The molecule has 0 amide bonds. The lowest BCUT2D eigenvalue weighted by Gasteiger charge is -2.20. The molecular formula is C11H23N3O2. The molecule has 2 atom stereocenters. The first-order chi connectivity index (χ1) is 7.50. The largest absolute Gasteiger partial charge is 0.480 e. The van der Waals surface area contributed by atoms with Crippen LogP contribution >= 0.6 is 0 Å². The summed E-state index contributed by atoms with van der Waals surface area (Å²) >= 11 is 0. The minimum atomic E-state index is -0.942. The van der Waals surface area contributed by atoms with Gasteiger partial charge in [-0.15, -0.1) is 0 Å². The molecule has 0 aromatic carbocycles. The summed E-state index contributed by atoms with van der Waals surface area (Å²) in [7, 11) is 0. The number of carboxylic acid groups (broad SMARTS) is 1. The standard InChI is InChI=1S/C11H23N3O2/c1-8(2)14-4-3-9(7-14)5-13-6-10(12)11(15)16/h8-10,13H,3-7,12H2,1-2H3,(H,15,16). The number of nitrogens with zero attached hydrogens (tertiary/aromatic N) is 1. The average molecular weight is 229 g/mol. The zero-order chi connectivity index (χ0) is 12.1. The van der Waals surface area contributed by atoms with Gasteiger partial charge < -0.3 is 21.1 Å². The Morgan fingerprint density at radius 1 is 1.62 bits per heavy atom. The fourth-order valence-corrected chi connectivity index (χ4v) is 2.03. The number of rotatable bonds is 6. The molecule has 0 aliphatic carbocycles. The van der Waals surface area contributed by atoms with Crippen LogP contribution in [0.25, 0.3) is 0 Å². The molecule has 1 aliphatic heterocycles. The SMILES string of the molecule is CC(C)N1CCC(CNCC(N)C(=O)O)C1. The van der Waals surface area contributed by atoms with Crippen molar-refractivity contribution in [1.29, 1.82) is 0 Å². The minimum Gasteiger partial charge on any atom is -0.480 e. The predicted octanol–water partition coefficient (Wildman–Crippen LogP) is -0.282. The van der Waals surface area contributed by atoms with E-state index in [1.165, 1.54) is 6.42 Å². The van der Waals surface area contributed by atoms with Gasteiger partial charge >= 0.3 is 5.97 Å². The number of hydrogen-bond donors (Lipinski definition) is 3. The molecule has 0 saturated carbocycles. The van der Waals surface area contributed by atoms with Crippen LogP contribution in [0.5, 0.6) is 0 Å². The average Bonchev–Trinajstić information content (AvgIpc) is 2.66. The van der Waals surface area contributed by atoms with Crippen molar-refractivity contribution >= 4 is 5.97 Å². The van der Waals surface area contributed by atoms with Crippen LogP contribution in [0.4, 0.5) is 0 Å². The predicted molar refractivity (Wildman–Crippen MR) is 63.3 cm³/mol. The lowest BCUT2D eigenvalue weighted by molar-refractivity contribution is -0.138. The van der Waals surface area contributed by atoms with Gasteiger partial charge in [0.25, 0.3) is 0 Å². The van der Waals surface area contributed by atoms with E-state index in [1.54, 1.807) is 0 Å². The molecule has 4 N–H and O–H groups in total. The Labute approximate surface area is 97.0 Å². The summed E-state index contributed by atoms with van der Waals surface area (Å²) in [4.78, 5) is 12.9. The van der Waals surface area contributed by atoms with Crippen molar-refractivity contribution < 1.29 is 9.90 Å². The van der Waals surface area contributed by atoms with E-state index in [4.69, 9.17) is 10.8 Å². The van der Waals surface area contributed by atoms with Gasteiger partial charge in [-0.3, -0.25) is 4.79 Å². The molecule has 2 unspecified atom stereocenters. The highest BCUT2D eigenvalue weighted by Crippen LogP contribution is 2.17. The summed E-state index contributed by atoms with van der Waals surface area (Å²) in [6.45, 7) is 7.88. The summed E-state index contributed by atoms with van der Waals surface area (Å²) in [5, 5.41) is 11.8. The fraction of sp³-hybridized carbons (Fsp3) is 0.909. The second-order valence-electron chi connectivity index (χ2n) is 4.85. The molecule has 0 bridgehead atoms. The Kier molecular flexibility index (Phi) is 5.18. The second kappa shape index (κ2) is 6.18. The van der Waals surface area contributed by atoms with E-state index in [1.807, 2.05) is 0 Å². The zero-order valence-electron chi connectivity index (χ0n) is 10.1. The van der Waals surface area contributed by atoms with Crippen molar-refractivity contribution in [3.63, 3.8) is 0 Å². The normalized spacial score (nSPS) is 23.9.